The lowest BCUT2D eigenvalue weighted by molar-refractivity contribution is 0.434. The van der Waals surface area contributed by atoms with E-state index in [1.165, 1.54) is 271 Å². The summed E-state index contributed by atoms with van der Waals surface area (Å²) in [5.41, 5.74) is 26.8. The number of unbranched alkanes of at least 4 members (excludes halogenated alkanes) is 8. The minimum absolute atomic E-state index is 0.652. The molecule has 0 spiro atoms. The number of benzene rings is 4. The normalized spacial score (nSPS) is 14.6. The van der Waals surface area contributed by atoms with Crippen LogP contribution in [0.3, 0.4) is 0 Å². The highest BCUT2D eigenvalue weighted by molar-refractivity contribution is 6.11. The van der Waals surface area contributed by atoms with Crippen LogP contribution in [0.1, 0.15) is 361 Å². The van der Waals surface area contributed by atoms with Crippen LogP contribution in [0.15, 0.2) is 72.8 Å². The lowest BCUT2D eigenvalue weighted by Crippen LogP contribution is -2.10. The first-order chi connectivity index (χ1) is 50.8. The molecule has 0 aliphatic carbocycles. The van der Waals surface area contributed by atoms with Crippen molar-refractivity contribution in [1.29, 1.82) is 0 Å². The number of hydrogen-bond donors (Lipinski definition) is 2. The van der Waals surface area contributed by atoms with Crippen molar-refractivity contribution < 1.29 is 0 Å². The standard InChI is InChI=1S/C100H150N4/c1-17-33-41-69(25-9)49-77-57-85-86(58-78(77)50-70(26-10)42-34-18-2)94-66-96-89-61-81(53-73(29-13)45-37-21-5)82(54-74(30-14)46-38-22-6)62-90(89)98(103-96)68-100-92-64-84(56-76(32-16)48-40-24-8)83(55-75(31-15)47-39-23-7)63-91(92)99(104-100)67-97-88-60-80(52-72(28-12)44-36-20-4)79(51-71(27-11)43-35-19-3)59-87(88)95(102-97)65-93(85)101-94/h57-76,101,104H,17-56H2,1-16H3. The molecule has 4 heteroatoms. The van der Waals surface area contributed by atoms with Gasteiger partial charge in [0.2, 0.25) is 0 Å². The molecule has 3 aromatic heterocycles. The Balaban J connectivity index is 1.49. The molecule has 4 aromatic carbocycles. The zero-order chi connectivity index (χ0) is 74.1. The maximum Gasteiger partial charge on any atom is 0.0737 e. The average Bonchev–Trinajstić information content (AvgIpc) is 1.59. The fourth-order valence-electron chi connectivity index (χ4n) is 18.6. The van der Waals surface area contributed by atoms with Gasteiger partial charge in [0, 0.05) is 65.9 Å². The van der Waals surface area contributed by atoms with Crippen LogP contribution < -0.4 is 0 Å². The van der Waals surface area contributed by atoms with E-state index in [2.05, 4.69) is 194 Å². The fourth-order valence-corrected chi connectivity index (χ4v) is 18.6. The van der Waals surface area contributed by atoms with E-state index in [1.54, 1.807) is 44.5 Å². The third-order valence-electron chi connectivity index (χ3n) is 26.2. The molecule has 2 N–H and O–H groups in total. The third kappa shape index (κ3) is 21.5. The van der Waals surface area contributed by atoms with Gasteiger partial charge in [-0.15, -0.1) is 0 Å². The summed E-state index contributed by atoms with van der Waals surface area (Å²) in [7, 11) is 0. The Morgan fingerprint density at radius 3 is 0.510 bits per heavy atom. The van der Waals surface area contributed by atoms with Crippen LogP contribution >= 0.6 is 0 Å². The van der Waals surface area contributed by atoms with Crippen molar-refractivity contribution >= 4 is 43.6 Å². The van der Waals surface area contributed by atoms with E-state index in [-0.39, 0.29) is 0 Å². The molecule has 0 radical (unpaired) electrons. The Morgan fingerprint density at radius 1 is 0.212 bits per heavy atom. The summed E-state index contributed by atoms with van der Waals surface area (Å²) in [5, 5.41) is 5.31. The Kier molecular flexibility index (Phi) is 33.6. The number of nitrogens with one attached hydrogen (secondary N) is 2. The van der Waals surface area contributed by atoms with Gasteiger partial charge in [0.05, 0.1) is 22.8 Å². The summed E-state index contributed by atoms with van der Waals surface area (Å²) in [6, 6.07) is 31.6. The molecular formula is C100H150N4. The molecule has 570 valence electrons. The summed E-state index contributed by atoms with van der Waals surface area (Å²) in [4.78, 5) is 20.9. The van der Waals surface area contributed by atoms with Crippen LogP contribution in [0.5, 0.6) is 0 Å². The number of nitrogens with zero attached hydrogens (tertiary/aromatic N) is 2. The second-order valence-electron chi connectivity index (χ2n) is 33.9. The predicted octanol–water partition coefficient (Wildman–Crippen LogP) is 31.4. The van der Waals surface area contributed by atoms with Crippen molar-refractivity contribution in [1.82, 2.24) is 19.9 Å². The number of H-pyrrole nitrogens is 2. The maximum atomic E-state index is 6.10. The van der Waals surface area contributed by atoms with Gasteiger partial charge in [-0.3, -0.25) is 0 Å². The molecule has 4 nitrogen and oxygen atoms in total. The van der Waals surface area contributed by atoms with E-state index in [0.717, 1.165) is 74.1 Å². The Hall–Kier alpha value is -5.48. The van der Waals surface area contributed by atoms with Crippen molar-refractivity contribution in [2.24, 2.45) is 47.3 Å². The highest BCUT2D eigenvalue weighted by atomic mass is 14.8. The van der Waals surface area contributed by atoms with Crippen molar-refractivity contribution in [2.45, 2.75) is 368 Å². The lowest BCUT2D eigenvalue weighted by Gasteiger charge is -2.22. The lowest BCUT2D eigenvalue weighted by atomic mass is 9.83. The van der Waals surface area contributed by atoms with Crippen molar-refractivity contribution in [3.05, 3.63) is 117 Å². The van der Waals surface area contributed by atoms with Crippen LogP contribution in [0, 0.1) is 47.3 Å². The fraction of sp³-hybridized carbons (Fsp3) is 0.640. The van der Waals surface area contributed by atoms with Crippen LogP contribution in [0.25, 0.3) is 88.6 Å². The third-order valence-corrected chi connectivity index (χ3v) is 26.2. The Morgan fingerprint density at radius 2 is 0.365 bits per heavy atom. The van der Waals surface area contributed by atoms with Gasteiger partial charge in [0.25, 0.3) is 0 Å². The van der Waals surface area contributed by atoms with E-state index in [0.29, 0.717) is 47.3 Å². The number of hydrogen-bond acceptors (Lipinski definition) is 2. The summed E-state index contributed by atoms with van der Waals surface area (Å²) >= 11 is 0. The van der Waals surface area contributed by atoms with Crippen molar-refractivity contribution in [3.8, 4) is 45.0 Å². The zero-order valence-corrected chi connectivity index (χ0v) is 69.7. The quantitative estimate of drug-likeness (QED) is 0.0399. The van der Waals surface area contributed by atoms with Crippen LogP contribution in [0.2, 0.25) is 0 Å². The highest BCUT2D eigenvalue weighted by Gasteiger charge is 2.28. The first-order valence-corrected chi connectivity index (χ1v) is 44.8. The van der Waals surface area contributed by atoms with E-state index < -0.39 is 0 Å². The summed E-state index contributed by atoms with van der Waals surface area (Å²) < 4.78 is 0. The SMILES string of the molecule is CCCCC(CC)Cc1cc2c(cc1CC(CC)CCCC)-c1cc3[nH]c(cc4nc(cc5[nH]c(cc-2n1)c1cc(CC(CC)CCCC)c(CC(CC)CCCC)cc51)-c1cc(CC(CC)CCCC)c(CC(CC)CCCC)cc1-4)c1cc(CC(CC)CCCC)c(CC(CC)CCCC)cc31. The molecule has 0 amide bonds. The monoisotopic (exact) mass is 1410 g/mol. The van der Waals surface area contributed by atoms with Gasteiger partial charge in [-0.05, 0) is 216 Å². The van der Waals surface area contributed by atoms with Gasteiger partial charge >= 0.3 is 0 Å². The van der Waals surface area contributed by atoms with E-state index in [4.69, 9.17) is 9.97 Å². The molecule has 7 aromatic rings. The number of aromatic nitrogens is 4. The van der Waals surface area contributed by atoms with Gasteiger partial charge in [-0.1, -0.05) is 316 Å². The smallest absolute Gasteiger partial charge is 0.0737 e. The van der Waals surface area contributed by atoms with E-state index in [9.17, 15) is 0 Å². The molecule has 8 unspecified atom stereocenters. The molecule has 8 bridgehead atoms. The van der Waals surface area contributed by atoms with Gasteiger partial charge < -0.3 is 9.97 Å². The Labute approximate surface area is 637 Å². The van der Waals surface area contributed by atoms with Crippen LogP contribution in [0.4, 0.5) is 0 Å². The van der Waals surface area contributed by atoms with Crippen LogP contribution in [-0.2, 0) is 51.4 Å². The molecule has 2 aliphatic heterocycles. The largest absolute Gasteiger partial charge is 0.354 e. The second-order valence-corrected chi connectivity index (χ2v) is 33.9. The molecule has 0 fully saturated rings. The van der Waals surface area contributed by atoms with Crippen molar-refractivity contribution in [3.63, 3.8) is 0 Å². The first kappa shape index (κ1) is 82.6. The van der Waals surface area contributed by atoms with Gasteiger partial charge in [-0.2, -0.15) is 0 Å². The number of rotatable bonds is 48. The first-order valence-electron chi connectivity index (χ1n) is 44.8. The predicted molar refractivity (Wildman–Crippen MR) is 461 cm³/mol. The number of aromatic amines is 2. The van der Waals surface area contributed by atoms with Crippen LogP contribution in [-0.4, -0.2) is 19.9 Å². The van der Waals surface area contributed by atoms with Crippen molar-refractivity contribution in [2.75, 3.05) is 0 Å². The van der Waals surface area contributed by atoms with Gasteiger partial charge in [0.1, 0.15) is 0 Å². The molecule has 104 heavy (non-hydrogen) atoms. The highest BCUT2D eigenvalue weighted by Crippen LogP contribution is 2.46. The molecule has 0 saturated carbocycles. The molecule has 9 rings (SSSR count). The molecule has 5 heterocycles. The summed E-state index contributed by atoms with van der Waals surface area (Å²) in [6.45, 7) is 38.6. The molecule has 0 saturated heterocycles. The van der Waals surface area contributed by atoms with E-state index in [1.807, 2.05) is 0 Å². The molecule has 8 atom stereocenters. The maximum absolute atomic E-state index is 6.10. The minimum Gasteiger partial charge on any atom is -0.354 e. The Bertz CT molecular complexity index is 3440. The summed E-state index contributed by atoms with van der Waals surface area (Å²) in [5.74, 6) is 5.22. The number of fused-ring (bicyclic) bond motifs is 20. The van der Waals surface area contributed by atoms with Gasteiger partial charge in [0.15, 0.2) is 0 Å². The molecule has 2 aliphatic rings. The average molecular weight is 1410 g/mol. The second kappa shape index (κ2) is 42.3. The topological polar surface area (TPSA) is 57.4 Å². The minimum atomic E-state index is 0.652. The van der Waals surface area contributed by atoms with E-state index >= 15 is 0 Å². The van der Waals surface area contributed by atoms with Gasteiger partial charge in [-0.25, -0.2) is 9.97 Å². The molecular weight excluding hydrogens is 1260 g/mol. The summed E-state index contributed by atoms with van der Waals surface area (Å²) in [6.07, 6.45) is 49.3. The zero-order valence-electron chi connectivity index (χ0n) is 69.7.